The molecule has 0 aliphatic heterocycles. The largest absolute Gasteiger partial charge is 0.396 e. The maximum absolute atomic E-state index is 9.97. The summed E-state index contributed by atoms with van der Waals surface area (Å²) in [5.74, 6) is 1.84. The highest BCUT2D eigenvalue weighted by molar-refractivity contribution is 5.23. The van der Waals surface area contributed by atoms with Gasteiger partial charge in [0.25, 0.3) is 0 Å². The van der Waals surface area contributed by atoms with Crippen LogP contribution in [0.2, 0.25) is 0 Å². The van der Waals surface area contributed by atoms with Crippen molar-refractivity contribution in [3.05, 3.63) is 23.3 Å². The minimum absolute atomic E-state index is 0.260. The quantitative estimate of drug-likeness (QED) is 0.723. The van der Waals surface area contributed by atoms with Crippen molar-refractivity contribution in [2.24, 2.45) is 23.7 Å². The third-order valence-corrected chi connectivity index (χ3v) is 4.73. The van der Waals surface area contributed by atoms with Crippen molar-refractivity contribution in [2.45, 2.75) is 39.7 Å². The van der Waals surface area contributed by atoms with Crippen molar-refractivity contribution in [1.82, 2.24) is 0 Å². The molecule has 17 heavy (non-hydrogen) atoms. The number of allylic oxidation sites excluding steroid dienone is 3. The lowest BCUT2D eigenvalue weighted by atomic mass is 9.63. The zero-order chi connectivity index (χ0) is 12.6. The average Bonchev–Trinajstić information content (AvgIpc) is 2.31. The summed E-state index contributed by atoms with van der Waals surface area (Å²) < 4.78 is 0. The highest BCUT2D eigenvalue weighted by atomic mass is 16.3. The molecule has 0 heterocycles. The highest BCUT2D eigenvalue weighted by Crippen LogP contribution is 2.45. The first-order valence-corrected chi connectivity index (χ1v) is 6.68. The van der Waals surface area contributed by atoms with Crippen LogP contribution in [0.25, 0.3) is 0 Å². The molecule has 0 saturated carbocycles. The summed E-state index contributed by atoms with van der Waals surface area (Å²) in [4.78, 5) is 0. The maximum Gasteiger partial charge on any atom is 0.0753 e. The van der Waals surface area contributed by atoms with Gasteiger partial charge in [0.05, 0.1) is 6.10 Å². The smallest absolute Gasteiger partial charge is 0.0753 e. The molecule has 0 bridgehead atoms. The molecule has 0 fully saturated rings. The first-order chi connectivity index (χ1) is 8.04. The molecule has 2 N–H and O–H groups in total. The van der Waals surface area contributed by atoms with Crippen molar-refractivity contribution in [3.8, 4) is 0 Å². The van der Waals surface area contributed by atoms with Crippen LogP contribution in [-0.2, 0) is 0 Å². The molecule has 2 aliphatic carbocycles. The van der Waals surface area contributed by atoms with E-state index in [9.17, 15) is 10.2 Å². The van der Waals surface area contributed by atoms with E-state index < -0.39 is 0 Å². The van der Waals surface area contributed by atoms with Crippen LogP contribution in [0.3, 0.4) is 0 Å². The third kappa shape index (κ3) is 2.34. The molecule has 2 heteroatoms. The van der Waals surface area contributed by atoms with Crippen LogP contribution in [0.4, 0.5) is 0 Å². The Bertz CT molecular complexity index is 343. The molecule has 0 aromatic rings. The van der Waals surface area contributed by atoms with Crippen molar-refractivity contribution in [1.29, 1.82) is 0 Å². The van der Waals surface area contributed by atoms with Crippen LogP contribution < -0.4 is 0 Å². The molecule has 2 aliphatic rings. The van der Waals surface area contributed by atoms with Crippen molar-refractivity contribution in [2.75, 3.05) is 6.61 Å². The summed E-state index contributed by atoms with van der Waals surface area (Å²) in [5, 5.41) is 19.3. The number of fused-ring (bicyclic) bond motifs is 1. The van der Waals surface area contributed by atoms with E-state index in [1.54, 1.807) is 0 Å². The van der Waals surface area contributed by atoms with Gasteiger partial charge in [-0.15, -0.1) is 0 Å². The van der Waals surface area contributed by atoms with E-state index >= 15 is 0 Å². The molecule has 0 aromatic carbocycles. The summed E-state index contributed by atoms with van der Waals surface area (Å²) in [5.41, 5.74) is 2.52. The fourth-order valence-corrected chi connectivity index (χ4v) is 3.40. The normalized spacial score (nSPS) is 39.1. The van der Waals surface area contributed by atoms with Gasteiger partial charge in [-0.1, -0.05) is 24.6 Å². The van der Waals surface area contributed by atoms with E-state index in [2.05, 4.69) is 26.0 Å². The summed E-state index contributed by atoms with van der Waals surface area (Å²) in [6.07, 6.45) is 6.20. The first kappa shape index (κ1) is 12.8. The Balaban J connectivity index is 2.29. The lowest BCUT2D eigenvalue weighted by Crippen LogP contribution is -2.37. The van der Waals surface area contributed by atoms with Gasteiger partial charge in [-0.2, -0.15) is 0 Å². The molecular formula is C15H24O2. The number of aliphatic hydroxyl groups excluding tert-OH is 2. The molecular weight excluding hydrogens is 212 g/mol. The van der Waals surface area contributed by atoms with Crippen LogP contribution in [0.5, 0.6) is 0 Å². The Morgan fingerprint density at radius 2 is 2.06 bits per heavy atom. The number of hydrogen-bond donors (Lipinski definition) is 2. The molecule has 0 spiro atoms. The van der Waals surface area contributed by atoms with Crippen LogP contribution in [0.15, 0.2) is 23.3 Å². The zero-order valence-electron chi connectivity index (χ0n) is 11.1. The van der Waals surface area contributed by atoms with Crippen molar-refractivity contribution >= 4 is 0 Å². The topological polar surface area (TPSA) is 40.5 Å². The Morgan fingerprint density at radius 1 is 1.35 bits per heavy atom. The fourth-order valence-electron chi connectivity index (χ4n) is 3.40. The number of aliphatic hydroxyl groups is 2. The second kappa shape index (κ2) is 4.95. The van der Waals surface area contributed by atoms with Gasteiger partial charge in [-0.3, -0.25) is 0 Å². The predicted octanol–water partition coefficient (Wildman–Crippen LogP) is 2.52. The lowest BCUT2D eigenvalue weighted by molar-refractivity contribution is 0.0992. The average molecular weight is 236 g/mol. The van der Waals surface area contributed by atoms with Crippen LogP contribution in [0.1, 0.15) is 33.6 Å². The Hall–Kier alpha value is -0.600. The highest BCUT2D eigenvalue weighted by Gasteiger charge is 2.38. The van der Waals surface area contributed by atoms with Crippen molar-refractivity contribution in [3.63, 3.8) is 0 Å². The lowest BCUT2D eigenvalue weighted by Gasteiger charge is -2.42. The summed E-state index contributed by atoms with van der Waals surface area (Å²) >= 11 is 0. The molecule has 0 amide bonds. The molecule has 2 rings (SSSR count). The van der Waals surface area contributed by atoms with Gasteiger partial charge in [0.15, 0.2) is 0 Å². The van der Waals surface area contributed by atoms with Gasteiger partial charge in [0, 0.05) is 6.61 Å². The summed E-state index contributed by atoms with van der Waals surface area (Å²) in [7, 11) is 0. The van der Waals surface area contributed by atoms with Gasteiger partial charge in [0.2, 0.25) is 0 Å². The molecule has 0 aromatic heterocycles. The maximum atomic E-state index is 9.97. The van der Waals surface area contributed by atoms with E-state index in [4.69, 9.17) is 0 Å². The zero-order valence-corrected chi connectivity index (χ0v) is 11.1. The number of rotatable bonds is 2. The molecule has 5 atom stereocenters. The SMILES string of the molecule is CC1=C[C@@H]2[C@@H]([C@@H](C)CO)CC=C(C)[C@@H]2C[C@H]1O. The van der Waals surface area contributed by atoms with Gasteiger partial charge in [-0.25, -0.2) is 0 Å². The Kier molecular flexibility index (Phi) is 3.74. The Labute approximate surface area is 104 Å². The van der Waals surface area contributed by atoms with Crippen LogP contribution in [-0.4, -0.2) is 22.9 Å². The Morgan fingerprint density at radius 3 is 2.71 bits per heavy atom. The van der Waals surface area contributed by atoms with E-state index in [1.807, 2.05) is 6.92 Å². The second-order valence-electron chi connectivity index (χ2n) is 5.85. The van der Waals surface area contributed by atoms with E-state index in [-0.39, 0.29) is 12.7 Å². The first-order valence-electron chi connectivity index (χ1n) is 6.68. The summed E-state index contributed by atoms with van der Waals surface area (Å²) in [6.45, 7) is 6.59. The van der Waals surface area contributed by atoms with E-state index in [0.717, 1.165) is 18.4 Å². The monoisotopic (exact) mass is 236 g/mol. The molecule has 0 saturated heterocycles. The standard InChI is InChI=1S/C15H24O2/c1-9-4-5-12(11(3)8-16)14-6-10(2)15(17)7-13(9)14/h4,6,11-17H,5,7-8H2,1-3H3/t11-,12+,13-,14+,15+/m0/s1. The minimum Gasteiger partial charge on any atom is -0.396 e. The fraction of sp³-hybridized carbons (Fsp3) is 0.733. The molecule has 2 nitrogen and oxygen atoms in total. The van der Waals surface area contributed by atoms with Gasteiger partial charge in [-0.05, 0) is 55.9 Å². The van der Waals surface area contributed by atoms with Gasteiger partial charge >= 0.3 is 0 Å². The second-order valence-corrected chi connectivity index (χ2v) is 5.85. The molecule has 0 unspecified atom stereocenters. The number of hydrogen-bond acceptors (Lipinski definition) is 2. The van der Waals surface area contributed by atoms with E-state index in [0.29, 0.717) is 23.7 Å². The minimum atomic E-state index is -0.275. The third-order valence-electron chi connectivity index (χ3n) is 4.73. The van der Waals surface area contributed by atoms with Crippen LogP contribution >= 0.6 is 0 Å². The summed E-state index contributed by atoms with van der Waals surface area (Å²) in [6, 6.07) is 0. The van der Waals surface area contributed by atoms with Crippen LogP contribution in [0, 0.1) is 23.7 Å². The van der Waals surface area contributed by atoms with Gasteiger partial charge in [0.1, 0.15) is 0 Å². The van der Waals surface area contributed by atoms with Gasteiger partial charge < -0.3 is 10.2 Å². The predicted molar refractivity (Wildman–Crippen MR) is 69.5 cm³/mol. The van der Waals surface area contributed by atoms with Crippen molar-refractivity contribution < 1.29 is 10.2 Å². The van der Waals surface area contributed by atoms with E-state index in [1.165, 1.54) is 5.57 Å². The molecule has 96 valence electrons. The molecule has 0 radical (unpaired) electrons.